The zero-order chi connectivity index (χ0) is 14.6. The van der Waals surface area contributed by atoms with E-state index in [1.165, 1.54) is 6.92 Å². The number of nitrogens with two attached hydrogens (primary N) is 1. The van der Waals surface area contributed by atoms with Crippen LogP contribution in [-0.2, 0) is 19.6 Å². The van der Waals surface area contributed by atoms with Gasteiger partial charge in [0.15, 0.2) is 17.4 Å². The van der Waals surface area contributed by atoms with Gasteiger partial charge in [0.25, 0.3) is 0 Å². The van der Waals surface area contributed by atoms with Gasteiger partial charge in [-0.3, -0.25) is 9.52 Å². The normalized spacial score (nSPS) is 11.1. The highest BCUT2D eigenvalue weighted by atomic mass is 32.2. The molecule has 0 heterocycles. The lowest BCUT2D eigenvalue weighted by atomic mass is 10.2. The molecule has 0 saturated carbocycles. The fourth-order valence-electron chi connectivity index (χ4n) is 1.22. The Hall–Kier alpha value is -1.90. The lowest BCUT2D eigenvalue weighted by molar-refractivity contribution is -0.139. The molecule has 9 heteroatoms. The number of carbonyl (C=O) groups is 1. The van der Waals surface area contributed by atoms with Crippen LogP contribution in [0, 0.1) is 11.6 Å². The van der Waals surface area contributed by atoms with Crippen molar-refractivity contribution in [3.63, 3.8) is 0 Å². The van der Waals surface area contributed by atoms with Crippen molar-refractivity contribution in [1.82, 2.24) is 0 Å². The number of benzene rings is 1. The summed E-state index contributed by atoms with van der Waals surface area (Å²) in [4.78, 5) is 11.0. The monoisotopic (exact) mass is 294 g/mol. The lowest BCUT2D eigenvalue weighted by Crippen LogP contribution is -2.25. The molecule has 106 valence electrons. The molecule has 0 aliphatic rings. The van der Waals surface area contributed by atoms with Crippen molar-refractivity contribution in [1.29, 1.82) is 0 Å². The Morgan fingerprint density at radius 1 is 1.42 bits per heavy atom. The molecule has 0 aliphatic carbocycles. The molecule has 1 aromatic carbocycles. The fourth-order valence-corrected chi connectivity index (χ4v) is 2.20. The number of esters is 1. The SMILES string of the molecule is CCOC(=O)CS(=O)(=O)Nc1c(N)ccc(F)c1F. The molecular weight excluding hydrogens is 282 g/mol. The summed E-state index contributed by atoms with van der Waals surface area (Å²) in [7, 11) is -4.23. The maximum absolute atomic E-state index is 13.4. The molecule has 0 aliphatic heterocycles. The van der Waals surface area contributed by atoms with Gasteiger partial charge in [0.2, 0.25) is 10.0 Å². The summed E-state index contributed by atoms with van der Waals surface area (Å²) in [6, 6.07) is 1.76. The van der Waals surface area contributed by atoms with Crippen molar-refractivity contribution >= 4 is 27.4 Å². The van der Waals surface area contributed by atoms with E-state index in [1.54, 1.807) is 4.72 Å². The highest BCUT2D eigenvalue weighted by molar-refractivity contribution is 7.93. The Kier molecular flexibility index (Phi) is 4.65. The van der Waals surface area contributed by atoms with Crippen LogP contribution in [0.3, 0.4) is 0 Å². The van der Waals surface area contributed by atoms with Crippen LogP contribution >= 0.6 is 0 Å². The zero-order valence-corrected chi connectivity index (χ0v) is 10.8. The summed E-state index contributed by atoms with van der Waals surface area (Å²) in [6.07, 6.45) is 0. The highest BCUT2D eigenvalue weighted by Gasteiger charge is 2.21. The number of ether oxygens (including phenoxy) is 1. The zero-order valence-electron chi connectivity index (χ0n) is 9.94. The molecule has 6 nitrogen and oxygen atoms in total. The Morgan fingerprint density at radius 2 is 2.05 bits per heavy atom. The third-order valence-electron chi connectivity index (χ3n) is 2.00. The highest BCUT2D eigenvalue weighted by Crippen LogP contribution is 2.25. The number of carbonyl (C=O) groups excluding carboxylic acids is 1. The second kappa shape index (κ2) is 5.83. The van der Waals surface area contributed by atoms with Crippen molar-refractivity contribution in [2.45, 2.75) is 6.92 Å². The van der Waals surface area contributed by atoms with Gasteiger partial charge in [0.1, 0.15) is 5.69 Å². The van der Waals surface area contributed by atoms with Gasteiger partial charge in [-0.1, -0.05) is 0 Å². The number of halogens is 2. The summed E-state index contributed by atoms with van der Waals surface area (Å²) in [6.45, 7) is 1.51. The van der Waals surface area contributed by atoms with Gasteiger partial charge < -0.3 is 10.5 Å². The third-order valence-corrected chi connectivity index (χ3v) is 3.13. The van der Waals surface area contributed by atoms with Crippen LogP contribution in [0.1, 0.15) is 6.92 Å². The van der Waals surface area contributed by atoms with Crippen LogP contribution in [0.5, 0.6) is 0 Å². The van der Waals surface area contributed by atoms with E-state index in [-0.39, 0.29) is 12.3 Å². The number of rotatable bonds is 5. The third kappa shape index (κ3) is 4.05. The Labute approximate surface area is 108 Å². The minimum absolute atomic E-state index is 0.00478. The standard InChI is InChI=1S/C10H12F2N2O4S/c1-2-18-8(15)5-19(16,17)14-10-7(13)4-3-6(11)9(10)12/h3-4,14H,2,5,13H2,1H3. The number of anilines is 2. The first-order valence-electron chi connectivity index (χ1n) is 5.16. The van der Waals surface area contributed by atoms with Crippen molar-refractivity contribution in [2.75, 3.05) is 22.8 Å². The van der Waals surface area contributed by atoms with Gasteiger partial charge >= 0.3 is 5.97 Å². The predicted molar refractivity (Wildman–Crippen MR) is 64.8 cm³/mol. The minimum Gasteiger partial charge on any atom is -0.465 e. The largest absolute Gasteiger partial charge is 0.465 e. The van der Waals surface area contributed by atoms with Crippen LogP contribution in [0.15, 0.2) is 12.1 Å². The van der Waals surface area contributed by atoms with Crippen molar-refractivity contribution < 1.29 is 26.7 Å². The number of hydrogen-bond acceptors (Lipinski definition) is 5. The summed E-state index contributed by atoms with van der Waals surface area (Å²) >= 11 is 0. The van der Waals surface area contributed by atoms with Gasteiger partial charge in [0.05, 0.1) is 12.3 Å². The summed E-state index contributed by atoms with van der Waals surface area (Å²) in [5, 5.41) is 0. The van der Waals surface area contributed by atoms with E-state index in [9.17, 15) is 22.0 Å². The Bertz CT molecular complexity index is 589. The molecule has 1 aromatic rings. The first-order chi connectivity index (χ1) is 8.76. The van der Waals surface area contributed by atoms with Gasteiger partial charge in [-0.25, -0.2) is 17.2 Å². The van der Waals surface area contributed by atoms with Crippen LogP contribution in [0.25, 0.3) is 0 Å². The Balaban J connectivity index is 2.96. The average Bonchev–Trinajstić information content (AvgIpc) is 2.29. The van der Waals surface area contributed by atoms with Crippen molar-refractivity contribution in [3.8, 4) is 0 Å². The number of hydrogen-bond donors (Lipinski definition) is 2. The van der Waals surface area contributed by atoms with E-state index in [1.807, 2.05) is 0 Å². The molecule has 0 fully saturated rings. The number of nitrogen functional groups attached to an aromatic ring is 1. The molecule has 0 unspecified atom stereocenters. The molecule has 0 atom stereocenters. The van der Waals surface area contributed by atoms with E-state index in [0.717, 1.165) is 12.1 Å². The van der Waals surface area contributed by atoms with E-state index < -0.39 is 39.1 Å². The predicted octanol–water partition coefficient (Wildman–Crippen LogP) is 0.852. The molecule has 3 N–H and O–H groups in total. The molecule has 0 saturated heterocycles. The van der Waals surface area contributed by atoms with Gasteiger partial charge in [-0.2, -0.15) is 0 Å². The molecule has 1 rings (SSSR count). The van der Waals surface area contributed by atoms with E-state index >= 15 is 0 Å². The molecular formula is C10H12F2N2O4S. The van der Waals surface area contributed by atoms with E-state index in [4.69, 9.17) is 5.73 Å². The maximum Gasteiger partial charge on any atom is 0.323 e. The topological polar surface area (TPSA) is 98.5 Å². The second-order valence-electron chi connectivity index (χ2n) is 3.49. The lowest BCUT2D eigenvalue weighted by Gasteiger charge is -2.11. The van der Waals surface area contributed by atoms with Crippen LogP contribution in [-0.4, -0.2) is 26.7 Å². The maximum atomic E-state index is 13.4. The molecule has 0 spiro atoms. The van der Waals surface area contributed by atoms with E-state index in [2.05, 4.69) is 4.74 Å². The fraction of sp³-hybridized carbons (Fsp3) is 0.300. The molecule has 19 heavy (non-hydrogen) atoms. The summed E-state index contributed by atoms with van der Waals surface area (Å²) < 4.78 is 55.6. The molecule has 0 radical (unpaired) electrons. The van der Waals surface area contributed by atoms with Crippen molar-refractivity contribution in [2.24, 2.45) is 0 Å². The van der Waals surface area contributed by atoms with Crippen LogP contribution < -0.4 is 10.5 Å². The van der Waals surface area contributed by atoms with Gasteiger partial charge in [-0.15, -0.1) is 0 Å². The molecule has 0 amide bonds. The number of sulfonamides is 1. The molecule has 0 bridgehead atoms. The number of nitrogens with one attached hydrogen (secondary N) is 1. The van der Waals surface area contributed by atoms with Crippen molar-refractivity contribution in [3.05, 3.63) is 23.8 Å². The molecule has 0 aromatic heterocycles. The van der Waals surface area contributed by atoms with E-state index in [0.29, 0.717) is 0 Å². The smallest absolute Gasteiger partial charge is 0.323 e. The quantitative estimate of drug-likeness (QED) is 0.619. The average molecular weight is 294 g/mol. The minimum atomic E-state index is -4.23. The van der Waals surface area contributed by atoms with Crippen LogP contribution in [0.4, 0.5) is 20.2 Å². The second-order valence-corrected chi connectivity index (χ2v) is 5.21. The van der Waals surface area contributed by atoms with Gasteiger partial charge in [0, 0.05) is 0 Å². The van der Waals surface area contributed by atoms with Crippen LogP contribution in [0.2, 0.25) is 0 Å². The first-order valence-corrected chi connectivity index (χ1v) is 6.81. The first kappa shape index (κ1) is 15.2. The summed E-state index contributed by atoms with van der Waals surface area (Å²) in [5.41, 5.74) is 4.31. The van der Waals surface area contributed by atoms with Gasteiger partial charge in [-0.05, 0) is 19.1 Å². The summed E-state index contributed by atoms with van der Waals surface area (Å²) in [5.74, 6) is -4.73. The Morgan fingerprint density at radius 3 is 2.63 bits per heavy atom.